The molecule has 1 aromatic carbocycles. The summed E-state index contributed by atoms with van der Waals surface area (Å²) in [5.41, 5.74) is -1.07. The highest BCUT2D eigenvalue weighted by Gasteiger charge is 2.39. The number of anilines is 1. The number of aromatic nitrogens is 1. The van der Waals surface area contributed by atoms with Gasteiger partial charge < -0.3 is 19.6 Å². The minimum atomic E-state index is -0.746. The molecule has 0 aliphatic carbocycles. The summed E-state index contributed by atoms with van der Waals surface area (Å²) < 4.78 is 20.3. The molecular formula is C20H23BrClFN4O5. The number of piperazine rings is 1. The van der Waals surface area contributed by atoms with E-state index in [9.17, 15) is 24.4 Å². The Morgan fingerprint density at radius 3 is 2.69 bits per heavy atom. The quantitative estimate of drug-likeness (QED) is 0.351. The van der Waals surface area contributed by atoms with E-state index in [1.165, 1.54) is 11.0 Å². The number of hydrogen-bond donors (Lipinski definition) is 1. The molecule has 1 aliphatic heterocycles. The molecular weight excluding hydrogens is 511 g/mol. The predicted octanol–water partition coefficient (Wildman–Crippen LogP) is 4.50. The number of pyridine rings is 1. The number of nitro groups is 1. The van der Waals surface area contributed by atoms with Gasteiger partial charge >= 0.3 is 11.8 Å². The molecule has 0 spiro atoms. The molecule has 2 heterocycles. The highest BCUT2D eigenvalue weighted by molar-refractivity contribution is 9.10. The van der Waals surface area contributed by atoms with Crippen LogP contribution < -0.4 is 4.90 Å². The first-order valence-electron chi connectivity index (χ1n) is 9.83. The smallest absolute Gasteiger partial charge is 0.410 e. The monoisotopic (exact) mass is 532 g/mol. The van der Waals surface area contributed by atoms with Crippen LogP contribution in [0.3, 0.4) is 0 Å². The Kier molecular flexibility index (Phi) is 6.83. The molecule has 0 saturated carbocycles. The number of halogens is 3. The largest absolute Gasteiger partial charge is 0.444 e. The van der Waals surface area contributed by atoms with Crippen molar-refractivity contribution in [3.05, 3.63) is 37.7 Å². The van der Waals surface area contributed by atoms with E-state index in [-0.39, 0.29) is 44.9 Å². The molecule has 1 aromatic heterocycles. The maximum atomic E-state index is 14.8. The molecule has 1 aliphatic rings. The summed E-state index contributed by atoms with van der Waals surface area (Å²) in [7, 11) is 0. The average molecular weight is 534 g/mol. The summed E-state index contributed by atoms with van der Waals surface area (Å²) in [5, 5.41) is 22.1. The summed E-state index contributed by atoms with van der Waals surface area (Å²) in [6.07, 6.45) is 0.440. The maximum absolute atomic E-state index is 14.8. The fourth-order valence-electron chi connectivity index (χ4n) is 3.70. The zero-order chi connectivity index (χ0) is 24.0. The van der Waals surface area contributed by atoms with Crippen LogP contribution in [-0.4, -0.2) is 63.4 Å². The lowest BCUT2D eigenvalue weighted by molar-refractivity contribution is -0.384. The first kappa shape index (κ1) is 24.4. The van der Waals surface area contributed by atoms with Gasteiger partial charge in [-0.05, 0) is 49.7 Å². The highest BCUT2D eigenvalue weighted by atomic mass is 79.9. The second-order valence-electron chi connectivity index (χ2n) is 8.60. The molecule has 12 heteroatoms. The normalized spacial score (nSPS) is 19.4. The summed E-state index contributed by atoms with van der Waals surface area (Å²) >= 11 is 9.20. The standard InChI is InChI=1S/C20H23BrClFN4O5/c1-10-7-26(11(9-28)8-25(10)19(29)32-20(2,3)4)18-12-5-13(22)15(21)16(23)17(12)24-6-14(18)27(30)31/h5-6,10-11,28H,7-9H2,1-4H3/t10-,11-/m1/s1. The van der Waals surface area contributed by atoms with Crippen LogP contribution in [0.2, 0.25) is 5.02 Å². The molecule has 0 unspecified atom stereocenters. The molecule has 32 heavy (non-hydrogen) atoms. The molecule has 0 radical (unpaired) electrons. The zero-order valence-corrected chi connectivity index (χ0v) is 20.3. The van der Waals surface area contributed by atoms with Crippen molar-refractivity contribution in [2.75, 3.05) is 24.6 Å². The second-order valence-corrected chi connectivity index (χ2v) is 9.80. The molecule has 1 N–H and O–H groups in total. The lowest BCUT2D eigenvalue weighted by Crippen LogP contribution is -2.61. The molecule has 9 nitrogen and oxygen atoms in total. The third-order valence-electron chi connectivity index (χ3n) is 5.11. The van der Waals surface area contributed by atoms with Crippen LogP contribution in [0.15, 0.2) is 16.7 Å². The van der Waals surface area contributed by atoms with Crippen LogP contribution in [0, 0.1) is 15.9 Å². The zero-order valence-electron chi connectivity index (χ0n) is 17.9. The Hall–Kier alpha value is -2.24. The van der Waals surface area contributed by atoms with Gasteiger partial charge in [0.2, 0.25) is 0 Å². The van der Waals surface area contributed by atoms with Crippen molar-refractivity contribution in [1.29, 1.82) is 0 Å². The van der Waals surface area contributed by atoms with E-state index in [1.54, 1.807) is 32.6 Å². The van der Waals surface area contributed by atoms with E-state index in [4.69, 9.17) is 16.3 Å². The Balaban J connectivity index is 2.12. The summed E-state index contributed by atoms with van der Waals surface area (Å²) in [6.45, 7) is 6.80. The number of amides is 1. The number of carbonyl (C=O) groups excluding carboxylic acids is 1. The van der Waals surface area contributed by atoms with Crippen molar-refractivity contribution >= 4 is 55.9 Å². The van der Waals surface area contributed by atoms with Crippen molar-refractivity contribution in [1.82, 2.24) is 9.88 Å². The number of nitrogens with zero attached hydrogens (tertiary/aromatic N) is 4. The molecule has 3 rings (SSSR count). The van der Waals surface area contributed by atoms with Gasteiger partial charge in [0.25, 0.3) is 0 Å². The number of rotatable bonds is 3. The van der Waals surface area contributed by atoms with Gasteiger partial charge in [-0.3, -0.25) is 10.1 Å². The molecule has 2 atom stereocenters. The van der Waals surface area contributed by atoms with E-state index in [0.717, 1.165) is 6.20 Å². The number of benzene rings is 1. The van der Waals surface area contributed by atoms with Gasteiger partial charge in [0.15, 0.2) is 5.82 Å². The van der Waals surface area contributed by atoms with Gasteiger partial charge in [-0.2, -0.15) is 0 Å². The van der Waals surface area contributed by atoms with E-state index < -0.39 is 41.1 Å². The van der Waals surface area contributed by atoms with Crippen LogP contribution in [0.5, 0.6) is 0 Å². The first-order valence-corrected chi connectivity index (χ1v) is 11.0. The van der Waals surface area contributed by atoms with Gasteiger partial charge in [0.1, 0.15) is 23.0 Å². The van der Waals surface area contributed by atoms with E-state index in [2.05, 4.69) is 20.9 Å². The van der Waals surface area contributed by atoms with Gasteiger partial charge in [-0.25, -0.2) is 14.2 Å². The summed E-state index contributed by atoms with van der Waals surface area (Å²) in [5.74, 6) is -0.746. The minimum absolute atomic E-state index is 0.000732. The molecule has 174 valence electrons. The number of ether oxygens (including phenoxy) is 1. The van der Waals surface area contributed by atoms with E-state index >= 15 is 0 Å². The van der Waals surface area contributed by atoms with Crippen molar-refractivity contribution in [2.24, 2.45) is 0 Å². The van der Waals surface area contributed by atoms with Crippen LogP contribution in [0.4, 0.5) is 20.6 Å². The Morgan fingerprint density at radius 1 is 1.47 bits per heavy atom. The Morgan fingerprint density at radius 2 is 2.12 bits per heavy atom. The lowest BCUT2D eigenvalue weighted by atomic mass is 10.0. The van der Waals surface area contributed by atoms with Gasteiger partial charge in [0, 0.05) is 24.5 Å². The van der Waals surface area contributed by atoms with Crippen molar-refractivity contribution in [3.63, 3.8) is 0 Å². The SMILES string of the molecule is C[C@@H]1CN(c2c([N+](=O)[O-])cnc3c(F)c(Br)c(Cl)cc23)[C@@H](CO)CN1C(=O)OC(C)(C)C. The molecule has 2 aromatic rings. The van der Waals surface area contributed by atoms with Crippen molar-refractivity contribution < 1.29 is 24.0 Å². The topological polar surface area (TPSA) is 109 Å². The number of fused-ring (bicyclic) bond motifs is 1. The molecule has 1 saturated heterocycles. The average Bonchev–Trinajstić information content (AvgIpc) is 2.69. The Bertz CT molecular complexity index is 1080. The summed E-state index contributed by atoms with van der Waals surface area (Å²) in [6, 6.07) is 0.290. The molecule has 1 amide bonds. The van der Waals surface area contributed by atoms with Gasteiger partial charge in [-0.1, -0.05) is 11.6 Å². The second kappa shape index (κ2) is 8.95. The maximum Gasteiger partial charge on any atom is 0.410 e. The van der Waals surface area contributed by atoms with Crippen molar-refractivity contribution in [2.45, 2.75) is 45.4 Å². The number of carbonyl (C=O) groups is 1. The number of hydrogen-bond acceptors (Lipinski definition) is 7. The van der Waals surface area contributed by atoms with E-state index in [0.29, 0.717) is 0 Å². The predicted molar refractivity (Wildman–Crippen MR) is 122 cm³/mol. The van der Waals surface area contributed by atoms with Crippen LogP contribution >= 0.6 is 27.5 Å². The minimum Gasteiger partial charge on any atom is -0.444 e. The van der Waals surface area contributed by atoms with Gasteiger partial charge in [-0.15, -0.1) is 0 Å². The molecule has 0 bridgehead atoms. The first-order chi connectivity index (χ1) is 14.9. The van der Waals surface area contributed by atoms with Crippen molar-refractivity contribution in [3.8, 4) is 0 Å². The van der Waals surface area contributed by atoms with Crippen LogP contribution in [-0.2, 0) is 4.74 Å². The number of aliphatic hydroxyl groups excluding tert-OH is 1. The summed E-state index contributed by atoms with van der Waals surface area (Å²) in [4.78, 5) is 30.9. The highest BCUT2D eigenvalue weighted by Crippen LogP contribution is 2.42. The number of aliphatic hydroxyl groups is 1. The third-order valence-corrected chi connectivity index (χ3v) is 6.42. The molecule has 1 fully saturated rings. The lowest BCUT2D eigenvalue weighted by Gasteiger charge is -2.45. The fraction of sp³-hybridized carbons (Fsp3) is 0.500. The fourth-order valence-corrected chi connectivity index (χ4v) is 4.19. The van der Waals surface area contributed by atoms with E-state index in [1.807, 2.05) is 0 Å². The van der Waals surface area contributed by atoms with Crippen LogP contribution in [0.1, 0.15) is 27.7 Å². The third kappa shape index (κ3) is 4.60. The van der Waals surface area contributed by atoms with Gasteiger partial charge in [0.05, 0.1) is 27.1 Å². The Labute approximate surface area is 197 Å². The van der Waals surface area contributed by atoms with Crippen LogP contribution in [0.25, 0.3) is 10.9 Å².